The van der Waals surface area contributed by atoms with Crippen molar-refractivity contribution in [3.05, 3.63) is 120 Å². The first-order valence-corrected chi connectivity index (χ1v) is 9.91. The van der Waals surface area contributed by atoms with Crippen molar-refractivity contribution >= 4 is 0 Å². The Hall–Kier alpha value is -3.48. The number of nitrogens with zero attached hydrogens (tertiary/aromatic N) is 4. The monoisotopic (exact) mass is 398 g/mol. The molecule has 0 bridgehead atoms. The lowest BCUT2D eigenvalue weighted by atomic mass is 10.3. The molecule has 0 saturated carbocycles. The molecule has 0 aliphatic carbocycles. The molecule has 4 aromatic rings. The van der Waals surface area contributed by atoms with Gasteiger partial charge in [0.05, 0.1) is 22.8 Å². The van der Waals surface area contributed by atoms with E-state index in [2.05, 4.69) is 30.6 Å². The average Bonchev–Trinajstić information content (AvgIpc) is 2.82. The molecule has 0 fully saturated rings. The van der Waals surface area contributed by atoms with Crippen molar-refractivity contribution in [3.8, 4) is 0 Å². The fraction of sp³-hybridized carbons (Fsp3) is 0.167. The molecule has 0 amide bonds. The van der Waals surface area contributed by atoms with E-state index in [1.54, 1.807) is 24.8 Å². The number of aromatic nitrogens is 4. The number of pyridine rings is 4. The maximum Gasteiger partial charge on any atom is 0.0541 e. The molecule has 4 aromatic heterocycles. The summed E-state index contributed by atoms with van der Waals surface area (Å²) in [5, 5.41) is 6.59. The molecule has 0 aromatic carbocycles. The molecule has 0 saturated heterocycles. The normalized spacial score (nSPS) is 10.1. The molecule has 0 atom stereocenters. The van der Waals surface area contributed by atoms with E-state index >= 15 is 0 Å². The molecule has 6 nitrogen and oxygen atoms in total. The summed E-state index contributed by atoms with van der Waals surface area (Å²) in [5.41, 5.74) is 4.20. The summed E-state index contributed by atoms with van der Waals surface area (Å²) < 4.78 is 0. The van der Waals surface area contributed by atoms with Crippen molar-refractivity contribution in [2.45, 2.75) is 26.2 Å². The van der Waals surface area contributed by atoms with E-state index in [-0.39, 0.29) is 0 Å². The second-order valence-corrected chi connectivity index (χ2v) is 6.49. The Bertz CT molecular complexity index is 774. The zero-order valence-electron chi connectivity index (χ0n) is 16.9. The predicted molar refractivity (Wildman–Crippen MR) is 118 cm³/mol. The van der Waals surface area contributed by atoms with Gasteiger partial charge < -0.3 is 10.6 Å². The lowest BCUT2D eigenvalue weighted by molar-refractivity contribution is 0.667. The van der Waals surface area contributed by atoms with Gasteiger partial charge in [-0.15, -0.1) is 0 Å². The van der Waals surface area contributed by atoms with Crippen LogP contribution in [0.3, 0.4) is 0 Å². The lowest BCUT2D eigenvalue weighted by Crippen LogP contribution is -2.14. The first-order chi connectivity index (χ1) is 14.9. The van der Waals surface area contributed by atoms with Crippen molar-refractivity contribution in [2.75, 3.05) is 0 Å². The summed E-state index contributed by atoms with van der Waals surface area (Å²) in [4.78, 5) is 16.9. The van der Waals surface area contributed by atoms with Crippen LogP contribution in [0, 0.1) is 0 Å². The van der Waals surface area contributed by atoms with E-state index < -0.39 is 0 Å². The maximum absolute atomic E-state index is 4.23. The van der Waals surface area contributed by atoms with E-state index in [9.17, 15) is 0 Å². The number of rotatable bonds is 8. The van der Waals surface area contributed by atoms with E-state index in [4.69, 9.17) is 0 Å². The molecule has 0 aliphatic rings. The van der Waals surface area contributed by atoms with Gasteiger partial charge >= 0.3 is 0 Å². The van der Waals surface area contributed by atoms with Crippen LogP contribution in [0.2, 0.25) is 0 Å². The SMILES string of the molecule is c1ccc(CNCc2ccccn2)nc1.c1ccc(CNCc2ccccn2)nc1. The van der Waals surface area contributed by atoms with Crippen LogP contribution in [0.25, 0.3) is 0 Å². The second kappa shape index (κ2) is 12.9. The molecule has 6 heteroatoms. The molecule has 0 radical (unpaired) electrons. The van der Waals surface area contributed by atoms with E-state index in [0.29, 0.717) is 0 Å². The van der Waals surface area contributed by atoms with E-state index in [1.165, 1.54) is 0 Å². The maximum atomic E-state index is 4.23. The predicted octanol–water partition coefficient (Wildman–Crippen LogP) is 3.53. The van der Waals surface area contributed by atoms with Gasteiger partial charge in [-0.2, -0.15) is 0 Å². The summed E-state index contributed by atoms with van der Waals surface area (Å²) in [5.74, 6) is 0. The van der Waals surface area contributed by atoms with Crippen LogP contribution in [0.15, 0.2) is 97.6 Å². The Morgan fingerprint density at radius 1 is 0.400 bits per heavy atom. The van der Waals surface area contributed by atoms with Crippen LogP contribution in [-0.4, -0.2) is 19.9 Å². The summed E-state index contributed by atoms with van der Waals surface area (Å²) in [6, 6.07) is 23.7. The molecule has 2 N–H and O–H groups in total. The molecule has 4 rings (SSSR count). The Labute approximate surface area is 177 Å². The van der Waals surface area contributed by atoms with Gasteiger partial charge in [0.15, 0.2) is 0 Å². The van der Waals surface area contributed by atoms with E-state index in [1.807, 2.05) is 72.8 Å². The highest BCUT2D eigenvalue weighted by Crippen LogP contribution is 1.96. The van der Waals surface area contributed by atoms with Crippen LogP contribution in [0.4, 0.5) is 0 Å². The molecule has 4 heterocycles. The largest absolute Gasteiger partial charge is 0.306 e. The Morgan fingerprint density at radius 3 is 0.867 bits per heavy atom. The number of hydrogen-bond acceptors (Lipinski definition) is 6. The standard InChI is InChI=1S/2C12H13N3/c2*1-3-7-14-11(5-1)9-13-10-12-6-2-4-8-15-12/h2*1-8,13H,9-10H2. The highest BCUT2D eigenvalue weighted by atomic mass is 14.9. The van der Waals surface area contributed by atoms with Crippen LogP contribution in [0.1, 0.15) is 22.8 Å². The highest BCUT2D eigenvalue weighted by molar-refractivity contribution is 5.06. The summed E-state index contributed by atoms with van der Waals surface area (Å²) in [6.45, 7) is 3.10. The third-order valence-corrected chi connectivity index (χ3v) is 4.13. The minimum atomic E-state index is 0.775. The molecular weight excluding hydrogens is 372 g/mol. The van der Waals surface area contributed by atoms with Crippen molar-refractivity contribution in [3.63, 3.8) is 0 Å². The van der Waals surface area contributed by atoms with Gasteiger partial charge in [-0.05, 0) is 48.5 Å². The first-order valence-electron chi connectivity index (χ1n) is 9.91. The number of hydrogen-bond donors (Lipinski definition) is 2. The van der Waals surface area contributed by atoms with Crippen LogP contribution < -0.4 is 10.6 Å². The minimum absolute atomic E-state index is 0.775. The average molecular weight is 399 g/mol. The third kappa shape index (κ3) is 8.26. The Kier molecular flexibility index (Phi) is 9.11. The molecule has 152 valence electrons. The molecule has 30 heavy (non-hydrogen) atoms. The Balaban J connectivity index is 0.000000171. The highest BCUT2D eigenvalue weighted by Gasteiger charge is 1.95. The summed E-state index contributed by atoms with van der Waals surface area (Å²) >= 11 is 0. The van der Waals surface area contributed by atoms with Gasteiger partial charge in [0.1, 0.15) is 0 Å². The van der Waals surface area contributed by atoms with Crippen LogP contribution >= 0.6 is 0 Å². The lowest BCUT2D eigenvalue weighted by Gasteiger charge is -2.03. The van der Waals surface area contributed by atoms with Crippen LogP contribution in [0.5, 0.6) is 0 Å². The van der Waals surface area contributed by atoms with Gasteiger partial charge in [-0.3, -0.25) is 19.9 Å². The smallest absolute Gasteiger partial charge is 0.0541 e. The van der Waals surface area contributed by atoms with Gasteiger partial charge in [0, 0.05) is 51.0 Å². The van der Waals surface area contributed by atoms with Gasteiger partial charge in [0.2, 0.25) is 0 Å². The Morgan fingerprint density at radius 2 is 0.667 bits per heavy atom. The molecule has 0 aliphatic heterocycles. The second-order valence-electron chi connectivity index (χ2n) is 6.49. The van der Waals surface area contributed by atoms with Crippen LogP contribution in [-0.2, 0) is 26.2 Å². The minimum Gasteiger partial charge on any atom is -0.306 e. The molecule has 0 spiro atoms. The summed E-state index contributed by atoms with van der Waals surface area (Å²) in [6.07, 6.45) is 7.21. The quantitative estimate of drug-likeness (QED) is 0.473. The van der Waals surface area contributed by atoms with Crippen molar-refractivity contribution in [1.82, 2.24) is 30.6 Å². The van der Waals surface area contributed by atoms with Gasteiger partial charge in [-0.25, -0.2) is 0 Å². The fourth-order valence-corrected chi connectivity index (χ4v) is 2.65. The van der Waals surface area contributed by atoms with Gasteiger partial charge in [0.25, 0.3) is 0 Å². The topological polar surface area (TPSA) is 75.6 Å². The van der Waals surface area contributed by atoms with Crippen molar-refractivity contribution < 1.29 is 0 Å². The summed E-state index contributed by atoms with van der Waals surface area (Å²) in [7, 11) is 0. The number of nitrogens with one attached hydrogen (secondary N) is 2. The molecule has 0 unspecified atom stereocenters. The van der Waals surface area contributed by atoms with Crippen molar-refractivity contribution in [2.24, 2.45) is 0 Å². The van der Waals surface area contributed by atoms with E-state index in [0.717, 1.165) is 49.0 Å². The zero-order chi connectivity index (χ0) is 20.7. The zero-order valence-corrected chi connectivity index (χ0v) is 16.9. The third-order valence-electron chi connectivity index (χ3n) is 4.13. The fourth-order valence-electron chi connectivity index (χ4n) is 2.65. The molecular formula is C24H26N6. The van der Waals surface area contributed by atoms with Gasteiger partial charge in [-0.1, -0.05) is 24.3 Å². The van der Waals surface area contributed by atoms with Crippen molar-refractivity contribution in [1.29, 1.82) is 0 Å². The first kappa shape index (κ1) is 21.2.